The van der Waals surface area contributed by atoms with Gasteiger partial charge in [-0.05, 0) is 78.6 Å². The normalized spacial score (nSPS) is 15.2. The van der Waals surface area contributed by atoms with E-state index in [0.29, 0.717) is 12.8 Å². The minimum atomic E-state index is -5.03. The molecule has 36 heavy (non-hydrogen) atoms. The molecule has 4 rings (SSSR count). The molecule has 190 valence electrons. The highest BCUT2D eigenvalue weighted by molar-refractivity contribution is 5.77. The molecule has 0 spiro atoms. The van der Waals surface area contributed by atoms with Crippen LogP contribution in [-0.2, 0) is 31.1 Å². The number of hydrogen-bond acceptors (Lipinski definition) is 1. The van der Waals surface area contributed by atoms with Crippen LogP contribution in [-0.4, -0.2) is 6.61 Å². The number of allylic oxidation sites excluding steroid dienone is 1. The van der Waals surface area contributed by atoms with Crippen LogP contribution in [0.2, 0.25) is 0 Å². The first-order chi connectivity index (χ1) is 17.0. The Morgan fingerprint density at radius 3 is 1.97 bits per heavy atom. The maximum atomic E-state index is 15.4. The van der Waals surface area contributed by atoms with Crippen LogP contribution in [0.3, 0.4) is 0 Å². The molecule has 0 aromatic heterocycles. The highest BCUT2D eigenvalue weighted by Crippen LogP contribution is 2.60. The summed E-state index contributed by atoms with van der Waals surface area (Å²) in [5.41, 5.74) is -3.37. The monoisotopic (exact) mass is 508 g/mol. The topological polar surface area (TPSA) is 9.23 Å². The van der Waals surface area contributed by atoms with E-state index in [4.69, 9.17) is 4.74 Å². The second-order valence-corrected chi connectivity index (χ2v) is 8.60. The van der Waals surface area contributed by atoms with Crippen molar-refractivity contribution in [3.63, 3.8) is 0 Å². The van der Waals surface area contributed by atoms with Crippen LogP contribution < -0.4 is 4.74 Å². The molecule has 0 fully saturated rings. The lowest BCUT2D eigenvalue weighted by molar-refractivity contribution is -0.228. The fourth-order valence-corrected chi connectivity index (χ4v) is 4.50. The minimum Gasteiger partial charge on any atom is -0.491 e. The van der Waals surface area contributed by atoms with Crippen molar-refractivity contribution in [3.05, 3.63) is 100 Å². The van der Waals surface area contributed by atoms with Gasteiger partial charge >= 0.3 is 11.8 Å². The summed E-state index contributed by atoms with van der Waals surface area (Å²) in [7, 11) is 0. The van der Waals surface area contributed by atoms with E-state index in [1.807, 2.05) is 0 Å². The van der Waals surface area contributed by atoms with Gasteiger partial charge in [-0.2, -0.15) is 17.6 Å². The number of benzene rings is 3. The zero-order chi connectivity index (χ0) is 26.3. The lowest BCUT2D eigenvalue weighted by Crippen LogP contribution is -2.41. The molecule has 0 atom stereocenters. The fourth-order valence-electron chi connectivity index (χ4n) is 4.50. The van der Waals surface area contributed by atoms with E-state index < -0.39 is 57.3 Å². The van der Waals surface area contributed by atoms with Gasteiger partial charge in [0.15, 0.2) is 11.6 Å². The Bertz CT molecular complexity index is 1310. The van der Waals surface area contributed by atoms with E-state index in [-0.39, 0.29) is 30.6 Å². The Kier molecular flexibility index (Phi) is 6.90. The highest BCUT2D eigenvalue weighted by Gasteiger charge is 2.65. The molecule has 0 unspecified atom stereocenters. The van der Waals surface area contributed by atoms with Gasteiger partial charge in [-0.1, -0.05) is 30.3 Å². The molecule has 0 bridgehead atoms. The molecule has 0 heterocycles. The summed E-state index contributed by atoms with van der Waals surface area (Å²) >= 11 is 0. The van der Waals surface area contributed by atoms with E-state index in [1.165, 1.54) is 25.1 Å². The minimum absolute atomic E-state index is 0.0336. The predicted octanol–water partition coefficient (Wildman–Crippen LogP) is 8.27. The lowest BCUT2D eigenvalue weighted by Gasteiger charge is -2.35. The Morgan fingerprint density at radius 2 is 1.36 bits per heavy atom. The van der Waals surface area contributed by atoms with Crippen LogP contribution in [0, 0.1) is 17.5 Å². The van der Waals surface area contributed by atoms with Crippen molar-refractivity contribution in [2.45, 2.75) is 44.5 Å². The van der Waals surface area contributed by atoms with Crippen molar-refractivity contribution in [3.8, 4) is 16.9 Å². The molecule has 0 saturated heterocycles. The third kappa shape index (κ3) is 4.16. The molecule has 0 amide bonds. The van der Waals surface area contributed by atoms with E-state index in [1.54, 1.807) is 12.1 Å². The molecule has 1 nitrogen and oxygen atoms in total. The van der Waals surface area contributed by atoms with Crippen molar-refractivity contribution < 1.29 is 35.5 Å². The van der Waals surface area contributed by atoms with Crippen LogP contribution in [0.15, 0.2) is 55.1 Å². The van der Waals surface area contributed by atoms with Crippen LogP contribution in [0.5, 0.6) is 5.75 Å². The van der Waals surface area contributed by atoms with Gasteiger partial charge in [0.1, 0.15) is 11.6 Å². The Hall–Kier alpha value is -3.29. The number of rotatable bonds is 8. The van der Waals surface area contributed by atoms with E-state index in [9.17, 15) is 8.78 Å². The first-order valence-corrected chi connectivity index (χ1v) is 11.5. The first-order valence-electron chi connectivity index (χ1n) is 11.5. The van der Waals surface area contributed by atoms with Gasteiger partial charge in [0.2, 0.25) is 0 Å². The zero-order valence-corrected chi connectivity index (χ0v) is 19.4. The number of alkyl halides is 4. The predicted molar refractivity (Wildman–Crippen MR) is 123 cm³/mol. The Morgan fingerprint density at radius 1 is 0.778 bits per heavy atom. The third-order valence-corrected chi connectivity index (χ3v) is 6.36. The highest BCUT2D eigenvalue weighted by atomic mass is 19.3. The number of ether oxygens (including phenoxy) is 1. The largest absolute Gasteiger partial charge is 0.491 e. The zero-order valence-electron chi connectivity index (χ0n) is 19.4. The summed E-state index contributed by atoms with van der Waals surface area (Å²) in [6.45, 7) is 5.03. The maximum absolute atomic E-state index is 15.4. The Labute approximate surface area is 204 Å². The van der Waals surface area contributed by atoms with Gasteiger partial charge in [-0.15, -0.1) is 6.58 Å². The van der Waals surface area contributed by atoms with Crippen molar-refractivity contribution in [1.82, 2.24) is 0 Å². The standard InChI is InChI=1S/C28H23F7O/c1-3-5-6-16-7-8-17(21(29)15-16)9-10-18-11-12-19-20-13-14-22(36-4-2)26(31)24(20)28(34,35)27(32,33)23(19)25(18)30/h3,7-8,11-15H,1,4-6,9-10H2,2H3. The molecular formula is C28H23F7O. The van der Waals surface area contributed by atoms with Crippen molar-refractivity contribution >= 4 is 0 Å². The summed E-state index contributed by atoms with van der Waals surface area (Å²) in [6.07, 6.45) is 2.73. The fraction of sp³-hybridized carbons (Fsp3) is 0.286. The average molecular weight is 508 g/mol. The molecule has 0 N–H and O–H groups in total. The molecule has 3 aromatic rings. The lowest BCUT2D eigenvalue weighted by atomic mass is 9.78. The van der Waals surface area contributed by atoms with Gasteiger partial charge in [0, 0.05) is 0 Å². The number of fused-ring (bicyclic) bond motifs is 3. The van der Waals surface area contributed by atoms with Crippen molar-refractivity contribution in [2.75, 3.05) is 6.61 Å². The van der Waals surface area contributed by atoms with E-state index in [0.717, 1.165) is 23.8 Å². The summed E-state index contributed by atoms with van der Waals surface area (Å²) in [5, 5.41) is 0. The second-order valence-electron chi connectivity index (χ2n) is 8.60. The molecule has 8 heteroatoms. The van der Waals surface area contributed by atoms with Crippen molar-refractivity contribution in [2.24, 2.45) is 0 Å². The smallest absolute Gasteiger partial charge is 0.343 e. The van der Waals surface area contributed by atoms with Crippen LogP contribution in [0.25, 0.3) is 11.1 Å². The van der Waals surface area contributed by atoms with Crippen molar-refractivity contribution in [1.29, 1.82) is 0 Å². The Balaban J connectivity index is 1.73. The van der Waals surface area contributed by atoms with E-state index >= 15 is 22.0 Å². The number of aryl methyl sites for hydroxylation is 3. The molecular weight excluding hydrogens is 485 g/mol. The van der Waals surface area contributed by atoms with Crippen LogP contribution in [0.1, 0.15) is 41.2 Å². The average Bonchev–Trinajstić information content (AvgIpc) is 2.82. The van der Waals surface area contributed by atoms with E-state index in [2.05, 4.69) is 6.58 Å². The molecule has 3 aromatic carbocycles. The molecule has 1 aliphatic rings. The SMILES string of the molecule is C=CCCc1ccc(CCc2ccc3c(c2F)C(F)(F)C(F)(F)c2c-3ccc(OCC)c2F)c(F)c1. The van der Waals surface area contributed by atoms with Gasteiger partial charge in [-0.3, -0.25) is 0 Å². The molecule has 0 radical (unpaired) electrons. The third-order valence-electron chi connectivity index (χ3n) is 6.36. The maximum Gasteiger partial charge on any atom is 0.343 e. The summed E-state index contributed by atoms with van der Waals surface area (Å²) in [4.78, 5) is 0. The van der Waals surface area contributed by atoms with Gasteiger partial charge in [0.05, 0.1) is 17.7 Å². The summed E-state index contributed by atoms with van der Waals surface area (Å²) < 4.78 is 110. The number of hydrogen-bond donors (Lipinski definition) is 0. The molecule has 0 saturated carbocycles. The second kappa shape index (κ2) is 9.64. The molecule has 0 aliphatic heterocycles. The quantitative estimate of drug-likeness (QED) is 0.220. The summed E-state index contributed by atoms with van der Waals surface area (Å²) in [5.74, 6) is -14.3. The van der Waals surface area contributed by atoms with Gasteiger partial charge in [-0.25, -0.2) is 13.2 Å². The molecule has 1 aliphatic carbocycles. The van der Waals surface area contributed by atoms with Crippen LogP contribution >= 0.6 is 0 Å². The number of halogens is 7. The van der Waals surface area contributed by atoms with Crippen LogP contribution in [0.4, 0.5) is 30.7 Å². The first kappa shape index (κ1) is 25.8. The summed E-state index contributed by atoms with van der Waals surface area (Å²) in [6, 6.07) is 8.91. The van der Waals surface area contributed by atoms with Gasteiger partial charge < -0.3 is 4.74 Å². The van der Waals surface area contributed by atoms with Gasteiger partial charge in [0.25, 0.3) is 0 Å².